The average molecular weight is 426 g/mol. The molecule has 1 heterocycles. The molecule has 3 aromatic rings. The molecule has 0 radical (unpaired) electrons. The molecule has 0 atom stereocenters. The monoisotopic (exact) mass is 425 g/mol. The van der Waals surface area contributed by atoms with E-state index in [1.807, 2.05) is 18.2 Å². The van der Waals surface area contributed by atoms with Gasteiger partial charge in [-0.05, 0) is 49.2 Å². The van der Waals surface area contributed by atoms with Crippen LogP contribution in [-0.4, -0.2) is 15.6 Å². The number of nitrogens with one attached hydrogen (secondary N) is 1. The molecule has 1 aromatic heterocycles. The van der Waals surface area contributed by atoms with E-state index in [-0.39, 0.29) is 17.4 Å². The van der Waals surface area contributed by atoms with Gasteiger partial charge in [-0.2, -0.15) is 0 Å². The van der Waals surface area contributed by atoms with Crippen LogP contribution in [0.1, 0.15) is 54.2 Å². The van der Waals surface area contributed by atoms with E-state index in [1.54, 1.807) is 30.3 Å². The van der Waals surface area contributed by atoms with Gasteiger partial charge in [-0.1, -0.05) is 47.3 Å². The molecule has 0 bridgehead atoms. The summed E-state index contributed by atoms with van der Waals surface area (Å²) in [6.07, 6.45) is 5.42. The largest absolute Gasteiger partial charge is 0.280 e. The number of para-hydroxylation sites is 1. The molecule has 1 aliphatic rings. The molecule has 1 N–H and O–H groups in total. The van der Waals surface area contributed by atoms with Crippen molar-refractivity contribution in [1.82, 2.24) is 9.66 Å². The number of amides is 1. The average Bonchev–Trinajstić information content (AvgIpc) is 2.71. The fourth-order valence-electron chi connectivity index (χ4n) is 3.66. The first kappa shape index (κ1) is 17.9. The third-order valence-electron chi connectivity index (χ3n) is 5.09. The standard InChI is InChI=1S/C21H20BrN3O2/c22-16-12-10-15(11-13-16)20(26)24-25-19(14-6-2-1-3-7-14)23-18-9-5-4-8-17(18)21(25)27/h4-5,8-14H,1-3,6-7H2,(H,24,26). The van der Waals surface area contributed by atoms with Crippen molar-refractivity contribution in [1.29, 1.82) is 0 Å². The van der Waals surface area contributed by atoms with Crippen LogP contribution in [0.15, 0.2) is 57.8 Å². The van der Waals surface area contributed by atoms with Crippen molar-refractivity contribution in [3.05, 3.63) is 74.7 Å². The van der Waals surface area contributed by atoms with Gasteiger partial charge in [-0.3, -0.25) is 15.0 Å². The van der Waals surface area contributed by atoms with E-state index in [4.69, 9.17) is 4.98 Å². The molecule has 0 saturated heterocycles. The second kappa shape index (κ2) is 7.64. The molecule has 1 saturated carbocycles. The lowest BCUT2D eigenvalue weighted by Crippen LogP contribution is -2.37. The number of benzene rings is 2. The predicted octanol–water partition coefficient (Wildman–Crippen LogP) is 4.59. The first-order chi connectivity index (χ1) is 13.1. The van der Waals surface area contributed by atoms with Gasteiger partial charge in [-0.15, -0.1) is 0 Å². The van der Waals surface area contributed by atoms with Crippen LogP contribution < -0.4 is 11.0 Å². The van der Waals surface area contributed by atoms with Gasteiger partial charge in [0.15, 0.2) is 0 Å². The van der Waals surface area contributed by atoms with Crippen LogP contribution in [0.2, 0.25) is 0 Å². The quantitative estimate of drug-likeness (QED) is 0.667. The normalized spacial score (nSPS) is 15.0. The van der Waals surface area contributed by atoms with Crippen molar-refractivity contribution in [3.63, 3.8) is 0 Å². The Hall–Kier alpha value is -2.47. The summed E-state index contributed by atoms with van der Waals surface area (Å²) in [6.45, 7) is 0. The van der Waals surface area contributed by atoms with Crippen molar-refractivity contribution in [2.24, 2.45) is 0 Å². The molecule has 1 fully saturated rings. The summed E-state index contributed by atoms with van der Waals surface area (Å²) in [7, 11) is 0. The minimum atomic E-state index is -0.321. The van der Waals surface area contributed by atoms with Crippen LogP contribution in [0.5, 0.6) is 0 Å². The van der Waals surface area contributed by atoms with E-state index in [9.17, 15) is 9.59 Å². The number of hydrogen-bond donors (Lipinski definition) is 1. The summed E-state index contributed by atoms with van der Waals surface area (Å²) in [5.41, 5.74) is 3.73. The maximum absolute atomic E-state index is 13.1. The Balaban J connectivity index is 1.79. The Morgan fingerprint density at radius 3 is 2.48 bits per heavy atom. The van der Waals surface area contributed by atoms with E-state index in [2.05, 4.69) is 21.4 Å². The van der Waals surface area contributed by atoms with Gasteiger partial charge in [0.2, 0.25) is 0 Å². The van der Waals surface area contributed by atoms with Gasteiger partial charge < -0.3 is 0 Å². The lowest BCUT2D eigenvalue weighted by Gasteiger charge is -2.24. The molecule has 6 heteroatoms. The van der Waals surface area contributed by atoms with Gasteiger partial charge in [-0.25, -0.2) is 9.66 Å². The maximum Gasteiger partial charge on any atom is 0.280 e. The highest BCUT2D eigenvalue weighted by molar-refractivity contribution is 9.10. The Kier molecular flexibility index (Phi) is 5.07. The summed E-state index contributed by atoms with van der Waals surface area (Å²) in [6, 6.07) is 14.3. The number of halogens is 1. The van der Waals surface area contributed by atoms with Crippen LogP contribution in [0.25, 0.3) is 10.9 Å². The smallest absolute Gasteiger partial charge is 0.267 e. The number of rotatable bonds is 3. The van der Waals surface area contributed by atoms with E-state index in [1.165, 1.54) is 11.1 Å². The van der Waals surface area contributed by atoms with Crippen molar-refractivity contribution < 1.29 is 4.79 Å². The predicted molar refractivity (Wildman–Crippen MR) is 110 cm³/mol. The van der Waals surface area contributed by atoms with Gasteiger partial charge >= 0.3 is 0 Å². The van der Waals surface area contributed by atoms with Crippen molar-refractivity contribution in [3.8, 4) is 0 Å². The molecule has 4 rings (SSSR count). The van der Waals surface area contributed by atoms with E-state index in [0.717, 1.165) is 30.2 Å². The first-order valence-electron chi connectivity index (χ1n) is 9.22. The van der Waals surface area contributed by atoms with E-state index < -0.39 is 0 Å². The Morgan fingerprint density at radius 2 is 1.74 bits per heavy atom. The topological polar surface area (TPSA) is 64.0 Å². The zero-order valence-electron chi connectivity index (χ0n) is 14.8. The molecular formula is C21H20BrN3O2. The maximum atomic E-state index is 13.1. The molecule has 138 valence electrons. The highest BCUT2D eigenvalue weighted by Gasteiger charge is 2.23. The summed E-state index contributed by atoms with van der Waals surface area (Å²) in [4.78, 5) is 30.6. The van der Waals surface area contributed by atoms with E-state index >= 15 is 0 Å². The van der Waals surface area contributed by atoms with Gasteiger partial charge in [0, 0.05) is 16.0 Å². The number of aromatic nitrogens is 2. The Bertz CT molecular complexity index is 1040. The Labute approximate surface area is 165 Å². The minimum absolute atomic E-state index is 0.182. The molecule has 0 spiro atoms. The number of hydrogen-bond acceptors (Lipinski definition) is 3. The highest BCUT2D eigenvalue weighted by Crippen LogP contribution is 2.31. The second-order valence-electron chi connectivity index (χ2n) is 6.91. The minimum Gasteiger partial charge on any atom is -0.267 e. The van der Waals surface area contributed by atoms with Gasteiger partial charge in [0.1, 0.15) is 5.82 Å². The molecule has 0 aliphatic heterocycles. The third-order valence-corrected chi connectivity index (χ3v) is 5.62. The summed E-state index contributed by atoms with van der Waals surface area (Å²) < 4.78 is 2.26. The van der Waals surface area contributed by atoms with Crippen LogP contribution >= 0.6 is 15.9 Å². The second-order valence-corrected chi connectivity index (χ2v) is 7.83. The molecule has 27 heavy (non-hydrogen) atoms. The lowest BCUT2D eigenvalue weighted by molar-refractivity contribution is 0.101. The number of carbonyl (C=O) groups excluding carboxylic acids is 1. The van der Waals surface area contributed by atoms with Gasteiger partial charge in [0.05, 0.1) is 10.9 Å². The van der Waals surface area contributed by atoms with Gasteiger partial charge in [0.25, 0.3) is 11.5 Å². The van der Waals surface area contributed by atoms with E-state index in [0.29, 0.717) is 22.3 Å². The summed E-state index contributed by atoms with van der Waals surface area (Å²) in [5.74, 6) is 0.517. The molecule has 5 nitrogen and oxygen atoms in total. The molecule has 1 aliphatic carbocycles. The lowest BCUT2D eigenvalue weighted by atomic mass is 9.88. The van der Waals surface area contributed by atoms with Crippen LogP contribution in [0, 0.1) is 0 Å². The summed E-state index contributed by atoms with van der Waals surface area (Å²) in [5, 5.41) is 0.508. The van der Waals surface area contributed by atoms with Crippen molar-refractivity contribution in [2.45, 2.75) is 38.0 Å². The van der Waals surface area contributed by atoms with Crippen LogP contribution in [0.3, 0.4) is 0 Å². The molecule has 0 unspecified atom stereocenters. The van der Waals surface area contributed by atoms with Crippen molar-refractivity contribution >= 4 is 32.7 Å². The molecular weight excluding hydrogens is 406 g/mol. The highest BCUT2D eigenvalue weighted by atomic mass is 79.9. The molecule has 2 aromatic carbocycles. The number of carbonyl (C=O) groups is 1. The number of nitrogens with zero attached hydrogens (tertiary/aromatic N) is 2. The number of fused-ring (bicyclic) bond motifs is 1. The zero-order chi connectivity index (χ0) is 18.8. The first-order valence-corrected chi connectivity index (χ1v) is 10.0. The molecule has 1 amide bonds. The zero-order valence-corrected chi connectivity index (χ0v) is 16.4. The Morgan fingerprint density at radius 1 is 1.04 bits per heavy atom. The van der Waals surface area contributed by atoms with Crippen molar-refractivity contribution in [2.75, 3.05) is 5.43 Å². The van der Waals surface area contributed by atoms with Crippen LogP contribution in [0.4, 0.5) is 0 Å². The summed E-state index contributed by atoms with van der Waals surface area (Å²) >= 11 is 3.37. The van der Waals surface area contributed by atoms with Crippen LogP contribution in [-0.2, 0) is 0 Å². The fourth-order valence-corrected chi connectivity index (χ4v) is 3.92. The third kappa shape index (κ3) is 3.67. The SMILES string of the molecule is O=C(Nn1c(C2CCCCC2)nc2ccccc2c1=O)c1ccc(Br)cc1. The fraction of sp³-hybridized carbons (Fsp3) is 0.286.